The van der Waals surface area contributed by atoms with Crippen LogP contribution in [0.4, 0.5) is 10.5 Å². The van der Waals surface area contributed by atoms with E-state index in [9.17, 15) is 15.0 Å². The van der Waals surface area contributed by atoms with E-state index in [1.807, 2.05) is 48.5 Å². The molecular weight excluding hydrogens is 518 g/mol. The Labute approximate surface area is 242 Å². The molecule has 8 nitrogen and oxygen atoms in total. The van der Waals surface area contributed by atoms with E-state index >= 15 is 0 Å². The first kappa shape index (κ1) is 27.3. The van der Waals surface area contributed by atoms with E-state index in [2.05, 4.69) is 15.5 Å². The molecule has 2 heterocycles. The lowest BCUT2D eigenvalue weighted by Gasteiger charge is -2.56. The Kier molecular flexibility index (Phi) is 7.54. The van der Waals surface area contributed by atoms with Gasteiger partial charge in [0, 0.05) is 42.8 Å². The molecule has 4 atom stereocenters. The summed E-state index contributed by atoms with van der Waals surface area (Å²) < 4.78 is 12.9. The van der Waals surface area contributed by atoms with Gasteiger partial charge in [0.15, 0.2) is 6.29 Å². The van der Waals surface area contributed by atoms with Gasteiger partial charge in [0.2, 0.25) is 0 Å². The summed E-state index contributed by atoms with van der Waals surface area (Å²) >= 11 is 0. The van der Waals surface area contributed by atoms with E-state index in [-0.39, 0.29) is 36.5 Å². The highest BCUT2D eigenvalue weighted by molar-refractivity contribution is 5.89. The number of amides is 2. The van der Waals surface area contributed by atoms with Crippen LogP contribution in [0.1, 0.15) is 80.5 Å². The van der Waals surface area contributed by atoms with Crippen molar-refractivity contribution in [2.75, 3.05) is 25.0 Å². The normalized spacial score (nSPS) is 36.4. The largest absolute Gasteiger partial charge is 0.392 e. The van der Waals surface area contributed by atoms with Crippen LogP contribution in [0.3, 0.4) is 0 Å². The molecule has 0 spiro atoms. The number of ether oxygens (including phenoxy) is 2. The average molecular weight is 562 g/mol. The van der Waals surface area contributed by atoms with Crippen molar-refractivity contribution in [2.24, 2.45) is 17.8 Å². The number of likely N-dealkylation sites (tertiary alicyclic amines) is 1. The lowest BCUT2D eigenvalue weighted by atomic mass is 9.53. The zero-order valence-electron chi connectivity index (χ0n) is 23.7. The molecular formula is C33H43N3O5. The van der Waals surface area contributed by atoms with E-state index < -0.39 is 6.29 Å². The molecule has 2 aliphatic heterocycles. The highest BCUT2D eigenvalue weighted by atomic mass is 16.7. The monoisotopic (exact) mass is 561 g/mol. The number of nitrogens with zero attached hydrogens (tertiary/aromatic N) is 1. The number of β-amino-alcohol motifs (C(OH)–C–C–N with tert-alkyl or cyclic N) is 1. The van der Waals surface area contributed by atoms with Gasteiger partial charge in [-0.15, -0.1) is 0 Å². The third kappa shape index (κ3) is 6.04. The number of rotatable bonds is 7. The number of aliphatic hydroxyl groups excluding tert-OH is 2. The van der Waals surface area contributed by atoms with Gasteiger partial charge in [-0.1, -0.05) is 36.4 Å². The molecule has 0 unspecified atom stereocenters. The van der Waals surface area contributed by atoms with Crippen molar-refractivity contribution >= 4 is 11.7 Å². The van der Waals surface area contributed by atoms with Gasteiger partial charge in [-0.3, -0.25) is 4.90 Å². The second kappa shape index (κ2) is 11.3. The van der Waals surface area contributed by atoms with Crippen LogP contribution in [-0.2, 0) is 16.1 Å². The number of anilines is 1. The van der Waals surface area contributed by atoms with Crippen LogP contribution in [-0.4, -0.2) is 58.5 Å². The summed E-state index contributed by atoms with van der Waals surface area (Å²) in [5, 5.41) is 25.9. The Bertz CT molecular complexity index is 1180. The number of carbonyl (C=O) groups is 1. The molecule has 4 bridgehead atoms. The summed E-state index contributed by atoms with van der Waals surface area (Å²) in [6, 6.07) is 15.6. The topological polar surface area (TPSA) is 103 Å². The summed E-state index contributed by atoms with van der Waals surface area (Å²) in [5.74, 6) is 2.35. The quantitative estimate of drug-likeness (QED) is 0.384. The smallest absolute Gasteiger partial charge is 0.319 e. The van der Waals surface area contributed by atoms with Crippen LogP contribution in [0.15, 0.2) is 48.5 Å². The maximum absolute atomic E-state index is 13.1. The zero-order valence-corrected chi connectivity index (χ0v) is 23.7. The fourth-order valence-electron chi connectivity index (χ4n) is 8.69. The molecule has 0 radical (unpaired) electrons. The number of carbonyl (C=O) groups excluding carboxylic acids is 1. The molecule has 2 saturated heterocycles. The van der Waals surface area contributed by atoms with Gasteiger partial charge in [-0.05, 0) is 86.0 Å². The Morgan fingerprint density at radius 3 is 2.17 bits per heavy atom. The molecule has 4 saturated carbocycles. The van der Waals surface area contributed by atoms with Gasteiger partial charge >= 0.3 is 6.03 Å². The SMILES string of the molecule is O=C(Nc1ccc([C@H]2O[C@@H](CN3CC[C@H](O)C3)C[C@@H](c3ccc(CO)cc3)O2)cc1)NC12CC3CC(CC(C3)C1)C2. The first-order valence-corrected chi connectivity index (χ1v) is 15.5. The van der Waals surface area contributed by atoms with Crippen LogP contribution >= 0.6 is 0 Å². The fourth-order valence-corrected chi connectivity index (χ4v) is 8.69. The number of benzene rings is 2. The van der Waals surface area contributed by atoms with Crippen LogP contribution in [0.5, 0.6) is 0 Å². The summed E-state index contributed by atoms with van der Waals surface area (Å²) in [6.07, 6.45) is 7.94. The molecule has 8 heteroatoms. The van der Waals surface area contributed by atoms with Crippen molar-refractivity contribution in [3.05, 3.63) is 65.2 Å². The van der Waals surface area contributed by atoms with Crippen LogP contribution in [0.25, 0.3) is 0 Å². The summed E-state index contributed by atoms with van der Waals surface area (Å²) in [5.41, 5.74) is 3.57. The molecule has 4 aliphatic carbocycles. The summed E-state index contributed by atoms with van der Waals surface area (Å²) in [6.45, 7) is 2.30. The maximum atomic E-state index is 13.1. The Morgan fingerprint density at radius 2 is 1.56 bits per heavy atom. The van der Waals surface area contributed by atoms with Crippen molar-refractivity contribution in [3.8, 4) is 0 Å². The highest BCUT2D eigenvalue weighted by Crippen LogP contribution is 2.55. The predicted molar refractivity (Wildman–Crippen MR) is 155 cm³/mol. The van der Waals surface area contributed by atoms with Gasteiger partial charge in [-0.25, -0.2) is 4.79 Å². The Balaban J connectivity index is 1.02. The van der Waals surface area contributed by atoms with Gasteiger partial charge in [0.1, 0.15) is 0 Å². The molecule has 2 amide bonds. The maximum Gasteiger partial charge on any atom is 0.319 e. The molecule has 6 fully saturated rings. The summed E-state index contributed by atoms with van der Waals surface area (Å²) in [4.78, 5) is 15.3. The number of hydrogen-bond acceptors (Lipinski definition) is 6. The van der Waals surface area contributed by atoms with Crippen molar-refractivity contribution in [2.45, 2.75) is 88.1 Å². The Morgan fingerprint density at radius 1 is 0.902 bits per heavy atom. The molecule has 6 aliphatic rings. The minimum atomic E-state index is -0.543. The van der Waals surface area contributed by atoms with Gasteiger partial charge in [0.25, 0.3) is 0 Å². The van der Waals surface area contributed by atoms with Crippen LogP contribution < -0.4 is 10.6 Å². The lowest BCUT2D eigenvalue weighted by molar-refractivity contribution is -0.252. The van der Waals surface area contributed by atoms with Gasteiger partial charge < -0.3 is 30.3 Å². The lowest BCUT2D eigenvalue weighted by Crippen LogP contribution is -2.60. The first-order valence-electron chi connectivity index (χ1n) is 15.5. The third-order valence-electron chi connectivity index (χ3n) is 10.2. The summed E-state index contributed by atoms with van der Waals surface area (Å²) in [7, 11) is 0. The van der Waals surface area contributed by atoms with Crippen LogP contribution in [0.2, 0.25) is 0 Å². The van der Waals surface area contributed by atoms with Crippen molar-refractivity contribution in [1.29, 1.82) is 0 Å². The van der Waals surface area contributed by atoms with Crippen molar-refractivity contribution in [3.63, 3.8) is 0 Å². The fraction of sp³-hybridized carbons (Fsp3) is 0.606. The molecule has 8 rings (SSSR count). The highest BCUT2D eigenvalue weighted by Gasteiger charge is 2.51. The predicted octanol–water partition coefficient (Wildman–Crippen LogP) is 4.88. The average Bonchev–Trinajstić information content (AvgIpc) is 3.36. The molecule has 4 N–H and O–H groups in total. The van der Waals surface area contributed by atoms with Crippen LogP contribution in [0, 0.1) is 17.8 Å². The number of urea groups is 1. The van der Waals surface area contributed by atoms with Crippen molar-refractivity contribution < 1.29 is 24.5 Å². The van der Waals surface area contributed by atoms with E-state index in [0.717, 1.165) is 78.9 Å². The van der Waals surface area contributed by atoms with E-state index in [1.165, 1.54) is 19.3 Å². The minimum Gasteiger partial charge on any atom is -0.392 e. The van der Waals surface area contributed by atoms with E-state index in [4.69, 9.17) is 9.47 Å². The molecule has 2 aromatic rings. The molecule has 220 valence electrons. The number of aliphatic hydroxyl groups is 2. The van der Waals surface area contributed by atoms with Crippen molar-refractivity contribution in [1.82, 2.24) is 10.2 Å². The molecule has 41 heavy (non-hydrogen) atoms. The van der Waals surface area contributed by atoms with Gasteiger partial charge in [-0.2, -0.15) is 0 Å². The number of nitrogens with one attached hydrogen (secondary N) is 2. The van der Waals surface area contributed by atoms with Gasteiger partial charge in [0.05, 0.1) is 24.9 Å². The van der Waals surface area contributed by atoms with E-state index in [0.29, 0.717) is 13.0 Å². The molecule has 0 aromatic heterocycles. The third-order valence-corrected chi connectivity index (χ3v) is 10.2. The number of hydrogen-bond donors (Lipinski definition) is 4. The second-order valence-electron chi connectivity index (χ2n) is 13.5. The first-order chi connectivity index (χ1) is 19.9. The second-order valence-corrected chi connectivity index (χ2v) is 13.5. The minimum absolute atomic E-state index is 0.0123. The standard InChI is InChI=1S/C33H43N3O5/c37-20-21-1-3-25(4-2-21)30-14-29(19-36-10-9-28(38)18-36)40-31(41-30)26-5-7-27(8-6-26)34-32(39)35-33-15-22-11-23(16-33)13-24(12-22)17-33/h1-8,22-24,28-31,37-38H,9-20H2,(H2,34,35,39)/t22?,23?,24?,28-,29+,30-,31-,33?/m0/s1. The Hall–Kier alpha value is -2.49. The van der Waals surface area contributed by atoms with E-state index in [1.54, 1.807) is 0 Å². The zero-order chi connectivity index (χ0) is 28.0. The molecule has 2 aromatic carbocycles.